The van der Waals surface area contributed by atoms with Crippen molar-refractivity contribution in [2.75, 3.05) is 7.11 Å². The van der Waals surface area contributed by atoms with Gasteiger partial charge in [0.15, 0.2) is 0 Å². The van der Waals surface area contributed by atoms with Crippen molar-refractivity contribution in [1.29, 1.82) is 0 Å². The quantitative estimate of drug-likeness (QED) is 0.586. The molecule has 1 heteroatoms. The average molecular weight is 216 g/mol. The fraction of sp³-hybridized carbons (Fsp3) is 1.00. The van der Waals surface area contributed by atoms with Gasteiger partial charge in [0.2, 0.25) is 0 Å². The summed E-state index contributed by atoms with van der Waals surface area (Å²) >= 11 is 0. The number of rotatable bonds is 8. The van der Waals surface area contributed by atoms with Crippen LogP contribution in [0.15, 0.2) is 0 Å². The van der Waals surface area contributed by atoms with E-state index in [4.69, 9.17) is 5.11 Å². The molecular formula is C14H32O. The standard InChI is InChI=1S/C13H28.CH4O/c1-5-7-8-9-10-13(4)11-12(3)6-2;1-2/h12-13H,5-11H2,1-4H3;2H,1H3. The maximum Gasteiger partial charge on any atom is 0.0319 e. The molecule has 0 saturated carbocycles. The van der Waals surface area contributed by atoms with E-state index in [0.717, 1.165) is 18.9 Å². The lowest BCUT2D eigenvalue weighted by Crippen LogP contribution is -2.02. The Balaban J connectivity index is 0. The van der Waals surface area contributed by atoms with Crippen molar-refractivity contribution in [3.8, 4) is 0 Å². The summed E-state index contributed by atoms with van der Waals surface area (Å²) in [6, 6.07) is 0. The van der Waals surface area contributed by atoms with Crippen LogP contribution >= 0.6 is 0 Å². The molecule has 94 valence electrons. The Bertz CT molecular complexity index is 102. The van der Waals surface area contributed by atoms with Gasteiger partial charge in [-0.3, -0.25) is 0 Å². The highest BCUT2D eigenvalue weighted by Gasteiger charge is 2.06. The lowest BCUT2D eigenvalue weighted by Gasteiger charge is -2.15. The number of aliphatic hydroxyl groups is 1. The summed E-state index contributed by atoms with van der Waals surface area (Å²) in [6.45, 7) is 9.37. The first kappa shape index (κ1) is 17.4. The van der Waals surface area contributed by atoms with Gasteiger partial charge >= 0.3 is 0 Å². The molecule has 15 heavy (non-hydrogen) atoms. The van der Waals surface area contributed by atoms with E-state index in [9.17, 15) is 0 Å². The highest BCUT2D eigenvalue weighted by molar-refractivity contribution is 4.58. The molecule has 0 bridgehead atoms. The second-order valence-electron chi connectivity index (χ2n) is 4.70. The van der Waals surface area contributed by atoms with Crippen molar-refractivity contribution in [3.05, 3.63) is 0 Å². The molecule has 0 aromatic carbocycles. The van der Waals surface area contributed by atoms with E-state index >= 15 is 0 Å². The maximum atomic E-state index is 7.00. The second kappa shape index (κ2) is 14.0. The third kappa shape index (κ3) is 14.0. The van der Waals surface area contributed by atoms with Gasteiger partial charge < -0.3 is 5.11 Å². The topological polar surface area (TPSA) is 20.2 Å². The van der Waals surface area contributed by atoms with Crippen LogP contribution in [0.3, 0.4) is 0 Å². The summed E-state index contributed by atoms with van der Waals surface area (Å²) in [5, 5.41) is 7.00. The fourth-order valence-corrected chi connectivity index (χ4v) is 1.89. The van der Waals surface area contributed by atoms with Crippen molar-refractivity contribution < 1.29 is 5.11 Å². The first-order valence-corrected chi connectivity index (χ1v) is 6.65. The van der Waals surface area contributed by atoms with E-state index in [-0.39, 0.29) is 0 Å². The zero-order valence-electron chi connectivity index (χ0n) is 11.6. The molecule has 0 amide bonds. The second-order valence-corrected chi connectivity index (χ2v) is 4.70. The van der Waals surface area contributed by atoms with Crippen LogP contribution < -0.4 is 0 Å². The van der Waals surface area contributed by atoms with Crippen LogP contribution in [0.4, 0.5) is 0 Å². The Labute approximate surface area is 97.3 Å². The van der Waals surface area contributed by atoms with Crippen molar-refractivity contribution in [2.24, 2.45) is 11.8 Å². The zero-order valence-corrected chi connectivity index (χ0v) is 11.6. The molecule has 2 unspecified atom stereocenters. The van der Waals surface area contributed by atoms with E-state index < -0.39 is 0 Å². The van der Waals surface area contributed by atoms with Crippen LogP contribution in [-0.2, 0) is 0 Å². The molecule has 0 spiro atoms. The molecule has 1 nitrogen and oxygen atoms in total. The van der Waals surface area contributed by atoms with Crippen LogP contribution in [0.5, 0.6) is 0 Å². The van der Waals surface area contributed by atoms with Crippen molar-refractivity contribution in [1.82, 2.24) is 0 Å². The normalized spacial score (nSPS) is 14.0. The van der Waals surface area contributed by atoms with Gasteiger partial charge in [0.25, 0.3) is 0 Å². The number of hydrogen-bond acceptors (Lipinski definition) is 1. The van der Waals surface area contributed by atoms with Gasteiger partial charge in [-0.2, -0.15) is 0 Å². The number of unbranched alkanes of at least 4 members (excludes halogenated alkanes) is 3. The van der Waals surface area contributed by atoms with Gasteiger partial charge in [0, 0.05) is 7.11 Å². The van der Waals surface area contributed by atoms with Gasteiger partial charge in [-0.15, -0.1) is 0 Å². The molecule has 0 aliphatic rings. The van der Waals surface area contributed by atoms with Gasteiger partial charge in [-0.1, -0.05) is 66.2 Å². The summed E-state index contributed by atoms with van der Waals surface area (Å²) in [5.41, 5.74) is 0. The fourth-order valence-electron chi connectivity index (χ4n) is 1.89. The monoisotopic (exact) mass is 216 g/mol. The van der Waals surface area contributed by atoms with Gasteiger partial charge in [0.05, 0.1) is 0 Å². The third-order valence-corrected chi connectivity index (χ3v) is 3.05. The Hall–Kier alpha value is -0.0400. The molecule has 0 saturated heterocycles. The molecule has 0 rings (SSSR count). The molecule has 0 aliphatic carbocycles. The third-order valence-electron chi connectivity index (χ3n) is 3.05. The average Bonchev–Trinajstić information content (AvgIpc) is 2.27. The minimum Gasteiger partial charge on any atom is -0.400 e. The molecule has 0 fully saturated rings. The molecule has 0 aliphatic heterocycles. The number of aliphatic hydroxyl groups excluding tert-OH is 1. The predicted octanol–water partition coefficient (Wildman–Crippen LogP) is 4.64. The van der Waals surface area contributed by atoms with Crippen LogP contribution in [0.2, 0.25) is 0 Å². The zero-order chi connectivity index (χ0) is 12.1. The predicted molar refractivity (Wildman–Crippen MR) is 70.1 cm³/mol. The molecule has 1 N–H and O–H groups in total. The van der Waals surface area contributed by atoms with Crippen LogP contribution in [0.1, 0.15) is 72.6 Å². The van der Waals surface area contributed by atoms with E-state index in [2.05, 4.69) is 27.7 Å². The minimum atomic E-state index is 0.932. The summed E-state index contributed by atoms with van der Waals surface area (Å²) in [6.07, 6.45) is 9.91. The van der Waals surface area contributed by atoms with E-state index in [1.807, 2.05) is 0 Å². The van der Waals surface area contributed by atoms with Crippen LogP contribution in [0.25, 0.3) is 0 Å². The van der Waals surface area contributed by atoms with E-state index in [0.29, 0.717) is 0 Å². The minimum absolute atomic E-state index is 0.932. The largest absolute Gasteiger partial charge is 0.400 e. The molecule has 2 atom stereocenters. The molecule has 0 aromatic heterocycles. The summed E-state index contributed by atoms with van der Waals surface area (Å²) in [7, 11) is 1.00. The first-order valence-electron chi connectivity index (χ1n) is 6.65. The number of hydrogen-bond donors (Lipinski definition) is 1. The smallest absolute Gasteiger partial charge is 0.0319 e. The van der Waals surface area contributed by atoms with E-state index in [1.54, 1.807) is 0 Å². The first-order chi connectivity index (χ1) is 7.20. The molecule has 0 heterocycles. The Morgan fingerprint density at radius 3 is 1.93 bits per heavy atom. The van der Waals surface area contributed by atoms with Crippen molar-refractivity contribution >= 4 is 0 Å². The highest BCUT2D eigenvalue weighted by atomic mass is 16.2. The van der Waals surface area contributed by atoms with Crippen molar-refractivity contribution in [3.63, 3.8) is 0 Å². The highest BCUT2D eigenvalue weighted by Crippen LogP contribution is 2.20. The van der Waals surface area contributed by atoms with Gasteiger partial charge in [-0.05, 0) is 18.3 Å². The van der Waals surface area contributed by atoms with Crippen LogP contribution in [-0.4, -0.2) is 12.2 Å². The Morgan fingerprint density at radius 1 is 0.867 bits per heavy atom. The SMILES string of the molecule is CCCCCCC(C)CC(C)CC.CO. The Morgan fingerprint density at radius 2 is 1.47 bits per heavy atom. The Kier molecular flexibility index (Phi) is 16.2. The summed E-state index contributed by atoms with van der Waals surface area (Å²) < 4.78 is 0. The molecular weight excluding hydrogens is 184 g/mol. The molecule has 0 radical (unpaired) electrons. The maximum absolute atomic E-state index is 7.00. The molecule has 0 aromatic rings. The van der Waals surface area contributed by atoms with Gasteiger partial charge in [0.1, 0.15) is 0 Å². The lowest BCUT2D eigenvalue weighted by atomic mass is 9.91. The summed E-state index contributed by atoms with van der Waals surface area (Å²) in [4.78, 5) is 0. The van der Waals surface area contributed by atoms with Crippen molar-refractivity contribution in [2.45, 2.75) is 72.6 Å². The van der Waals surface area contributed by atoms with Crippen LogP contribution in [0, 0.1) is 11.8 Å². The summed E-state index contributed by atoms with van der Waals surface area (Å²) in [5.74, 6) is 1.88. The van der Waals surface area contributed by atoms with E-state index in [1.165, 1.54) is 44.9 Å². The van der Waals surface area contributed by atoms with Gasteiger partial charge in [-0.25, -0.2) is 0 Å². The lowest BCUT2D eigenvalue weighted by molar-refractivity contribution is 0.375.